The van der Waals surface area contributed by atoms with Gasteiger partial charge in [-0.25, -0.2) is 0 Å². The van der Waals surface area contributed by atoms with E-state index < -0.39 is 0 Å². The van der Waals surface area contributed by atoms with Gasteiger partial charge >= 0.3 is 0 Å². The molecule has 1 atom stereocenters. The van der Waals surface area contributed by atoms with Gasteiger partial charge in [0.2, 0.25) is 0 Å². The molecule has 0 aliphatic heterocycles. The minimum atomic E-state index is -0.319. The van der Waals surface area contributed by atoms with Crippen LogP contribution in [0.4, 0.5) is 0 Å². The quantitative estimate of drug-likeness (QED) is 0.543. The van der Waals surface area contributed by atoms with Gasteiger partial charge in [0.1, 0.15) is 0 Å². The van der Waals surface area contributed by atoms with Crippen LogP contribution in [0.2, 0.25) is 0 Å². The highest BCUT2D eigenvalue weighted by molar-refractivity contribution is 6.04. The number of aliphatic hydroxyl groups is 1. The first-order valence-electron chi connectivity index (χ1n) is 9.62. The fraction of sp³-hybridized carbons (Fsp3) is 0.167. The van der Waals surface area contributed by atoms with Gasteiger partial charge in [-0.15, -0.1) is 0 Å². The number of nitrogens with zero attached hydrogens (tertiary/aromatic N) is 2. The van der Waals surface area contributed by atoms with Gasteiger partial charge in [-0.05, 0) is 55.8 Å². The molecule has 0 aliphatic carbocycles. The number of carbonyl (C=O) groups is 1. The van der Waals surface area contributed by atoms with E-state index >= 15 is 0 Å². The second-order valence-corrected chi connectivity index (χ2v) is 7.26. The lowest BCUT2D eigenvalue weighted by Gasteiger charge is -2.14. The first-order valence-corrected chi connectivity index (χ1v) is 9.62. The van der Waals surface area contributed by atoms with Crippen molar-refractivity contribution in [2.75, 3.05) is 6.61 Å². The molecule has 146 valence electrons. The molecule has 5 heteroatoms. The summed E-state index contributed by atoms with van der Waals surface area (Å²) >= 11 is 0. The molecule has 0 saturated heterocycles. The molecule has 2 heterocycles. The molecule has 0 saturated carbocycles. The van der Waals surface area contributed by atoms with Gasteiger partial charge in [0.05, 0.1) is 17.8 Å². The van der Waals surface area contributed by atoms with Crippen LogP contribution >= 0.6 is 0 Å². The number of hydrogen-bond donors (Lipinski definition) is 2. The lowest BCUT2D eigenvalue weighted by Crippen LogP contribution is -2.35. The summed E-state index contributed by atoms with van der Waals surface area (Å²) in [6, 6.07) is 19.5. The maximum absolute atomic E-state index is 12.8. The zero-order valence-corrected chi connectivity index (χ0v) is 16.5. The topological polar surface area (TPSA) is 67.2 Å². The summed E-state index contributed by atoms with van der Waals surface area (Å²) in [5, 5.41) is 13.1. The maximum atomic E-state index is 12.8. The summed E-state index contributed by atoms with van der Waals surface area (Å²) in [5.74, 6) is -0.220. The van der Waals surface area contributed by atoms with Gasteiger partial charge < -0.3 is 15.0 Å². The normalized spacial score (nSPS) is 12.1. The molecular formula is C24H23N3O2. The average molecular weight is 385 g/mol. The predicted molar refractivity (Wildman–Crippen MR) is 115 cm³/mol. The van der Waals surface area contributed by atoms with E-state index in [-0.39, 0.29) is 18.6 Å². The number of rotatable bonds is 5. The Morgan fingerprint density at radius 3 is 2.62 bits per heavy atom. The first kappa shape index (κ1) is 18.9. The molecule has 2 aromatic heterocycles. The van der Waals surface area contributed by atoms with E-state index in [1.165, 1.54) is 0 Å². The number of amides is 1. The van der Waals surface area contributed by atoms with Crippen LogP contribution in [-0.2, 0) is 0 Å². The summed E-state index contributed by atoms with van der Waals surface area (Å²) in [5.41, 5.74) is 5.28. The zero-order valence-electron chi connectivity index (χ0n) is 16.5. The molecular weight excluding hydrogens is 362 g/mol. The van der Waals surface area contributed by atoms with E-state index in [1.807, 2.05) is 73.9 Å². The second-order valence-electron chi connectivity index (χ2n) is 7.26. The van der Waals surface area contributed by atoms with Gasteiger partial charge in [-0.3, -0.25) is 9.78 Å². The third-order valence-electron chi connectivity index (χ3n) is 4.94. The fourth-order valence-corrected chi connectivity index (χ4v) is 3.38. The molecule has 1 amide bonds. The third-order valence-corrected chi connectivity index (χ3v) is 4.94. The Balaban J connectivity index is 1.92. The molecule has 0 radical (unpaired) electrons. The number of benzene rings is 2. The third kappa shape index (κ3) is 3.77. The van der Waals surface area contributed by atoms with E-state index in [4.69, 9.17) is 0 Å². The number of para-hydroxylation sites is 1. The average Bonchev–Trinajstić information content (AvgIpc) is 3.18. The maximum Gasteiger partial charge on any atom is 0.251 e. The number of nitrogens with one attached hydrogen (secondary N) is 1. The Hall–Kier alpha value is -3.44. The van der Waals surface area contributed by atoms with Gasteiger partial charge in [0, 0.05) is 40.6 Å². The molecule has 4 aromatic rings. The molecule has 2 N–H and O–H groups in total. The van der Waals surface area contributed by atoms with Crippen LogP contribution in [0.1, 0.15) is 22.8 Å². The van der Waals surface area contributed by atoms with Crippen molar-refractivity contribution in [1.82, 2.24) is 14.9 Å². The van der Waals surface area contributed by atoms with Crippen LogP contribution < -0.4 is 5.32 Å². The van der Waals surface area contributed by atoms with Crippen molar-refractivity contribution in [2.45, 2.75) is 19.9 Å². The summed E-state index contributed by atoms with van der Waals surface area (Å²) in [4.78, 5) is 17.4. The van der Waals surface area contributed by atoms with Crippen molar-refractivity contribution in [3.05, 3.63) is 84.2 Å². The van der Waals surface area contributed by atoms with Crippen LogP contribution in [0.3, 0.4) is 0 Å². The Morgan fingerprint density at radius 2 is 1.93 bits per heavy atom. The van der Waals surface area contributed by atoms with Crippen molar-refractivity contribution >= 4 is 16.8 Å². The number of aromatic nitrogens is 2. The molecule has 0 bridgehead atoms. The molecule has 2 aromatic carbocycles. The van der Waals surface area contributed by atoms with E-state index in [0.717, 1.165) is 33.4 Å². The van der Waals surface area contributed by atoms with Gasteiger partial charge in [0.25, 0.3) is 5.91 Å². The van der Waals surface area contributed by atoms with Crippen molar-refractivity contribution in [3.63, 3.8) is 0 Å². The van der Waals surface area contributed by atoms with Crippen molar-refractivity contribution in [1.29, 1.82) is 0 Å². The number of pyridine rings is 1. The Labute approximate surface area is 169 Å². The second kappa shape index (κ2) is 7.89. The zero-order chi connectivity index (χ0) is 20.4. The van der Waals surface area contributed by atoms with Crippen molar-refractivity contribution in [3.8, 4) is 16.9 Å². The summed E-state index contributed by atoms with van der Waals surface area (Å²) in [7, 11) is 0. The van der Waals surface area contributed by atoms with Crippen molar-refractivity contribution < 1.29 is 9.90 Å². The van der Waals surface area contributed by atoms with Crippen LogP contribution in [-0.4, -0.2) is 33.2 Å². The minimum absolute atomic E-state index is 0.110. The Kier molecular flexibility index (Phi) is 5.14. The van der Waals surface area contributed by atoms with E-state index in [0.29, 0.717) is 5.56 Å². The number of hydrogen-bond acceptors (Lipinski definition) is 3. The van der Waals surface area contributed by atoms with E-state index in [2.05, 4.69) is 20.9 Å². The molecule has 4 rings (SSSR count). The molecule has 0 unspecified atom stereocenters. The van der Waals surface area contributed by atoms with Crippen LogP contribution in [0, 0.1) is 6.92 Å². The monoisotopic (exact) mass is 385 g/mol. The molecule has 0 spiro atoms. The Bertz CT molecular complexity index is 1150. The van der Waals surface area contributed by atoms with E-state index in [9.17, 15) is 9.90 Å². The molecule has 0 aliphatic rings. The number of fused-ring (bicyclic) bond motifs is 1. The highest BCUT2D eigenvalue weighted by Crippen LogP contribution is 2.31. The Morgan fingerprint density at radius 1 is 1.14 bits per heavy atom. The van der Waals surface area contributed by atoms with Crippen LogP contribution in [0.5, 0.6) is 0 Å². The summed E-state index contributed by atoms with van der Waals surface area (Å²) < 4.78 is 2.07. The summed E-state index contributed by atoms with van der Waals surface area (Å²) in [6.45, 7) is 3.66. The number of aryl methyl sites for hydroxylation is 1. The van der Waals surface area contributed by atoms with Gasteiger partial charge in [0.15, 0.2) is 0 Å². The first-order chi connectivity index (χ1) is 14.1. The molecule has 0 fully saturated rings. The minimum Gasteiger partial charge on any atom is -0.394 e. The SMILES string of the molecule is Cc1ccc(-c2cc(C(=O)N[C@@H](C)CO)cc3c2ccn3-c2ccccc2)nc1. The molecule has 5 nitrogen and oxygen atoms in total. The number of aliphatic hydroxyl groups excluding tert-OH is 1. The summed E-state index contributed by atoms with van der Waals surface area (Å²) in [6.07, 6.45) is 3.84. The largest absolute Gasteiger partial charge is 0.394 e. The lowest BCUT2D eigenvalue weighted by molar-refractivity contribution is 0.0922. The lowest BCUT2D eigenvalue weighted by atomic mass is 10.0. The van der Waals surface area contributed by atoms with Crippen molar-refractivity contribution in [2.24, 2.45) is 0 Å². The highest BCUT2D eigenvalue weighted by Gasteiger charge is 2.16. The smallest absolute Gasteiger partial charge is 0.251 e. The standard InChI is InChI=1S/C24H23N3O2/c1-16-8-9-22(25-14-16)21-12-18(24(29)26-17(2)15-28)13-23-20(21)10-11-27(23)19-6-4-3-5-7-19/h3-14,17,28H,15H2,1-2H3,(H,26,29)/t17-/m0/s1. The molecule has 29 heavy (non-hydrogen) atoms. The van der Waals surface area contributed by atoms with E-state index in [1.54, 1.807) is 6.92 Å². The fourth-order valence-electron chi connectivity index (χ4n) is 3.38. The van der Waals surface area contributed by atoms with Crippen LogP contribution in [0.15, 0.2) is 73.1 Å². The van der Waals surface area contributed by atoms with Gasteiger partial charge in [-0.2, -0.15) is 0 Å². The predicted octanol–water partition coefficient (Wildman–Crippen LogP) is 4.11. The number of carbonyl (C=O) groups excluding carboxylic acids is 1. The van der Waals surface area contributed by atoms with Crippen LogP contribution in [0.25, 0.3) is 27.8 Å². The highest BCUT2D eigenvalue weighted by atomic mass is 16.3. The van der Waals surface area contributed by atoms with Gasteiger partial charge in [-0.1, -0.05) is 24.3 Å².